The number of ether oxygens (including phenoxy) is 1. The van der Waals surface area contributed by atoms with Gasteiger partial charge in [0, 0.05) is 35.5 Å². The zero-order valence-corrected chi connectivity index (χ0v) is 15.1. The highest BCUT2D eigenvalue weighted by atomic mass is 32.1. The molecule has 1 aliphatic heterocycles. The molecule has 1 unspecified atom stereocenters. The fourth-order valence-corrected chi connectivity index (χ4v) is 3.17. The minimum absolute atomic E-state index is 0.112. The van der Waals surface area contributed by atoms with Crippen LogP contribution in [0, 0.1) is 0 Å². The van der Waals surface area contributed by atoms with E-state index in [9.17, 15) is 9.59 Å². The van der Waals surface area contributed by atoms with Crippen LogP contribution >= 0.6 is 11.3 Å². The predicted molar refractivity (Wildman–Crippen MR) is 104 cm³/mol. The van der Waals surface area contributed by atoms with Crippen LogP contribution in [-0.4, -0.2) is 31.2 Å². The number of hydrogen-bond donors (Lipinski definition) is 3. The van der Waals surface area contributed by atoms with E-state index < -0.39 is 0 Å². The molecule has 3 amide bonds. The molecule has 2 heterocycles. The normalized spacial score (nSPS) is 16.5. The third kappa shape index (κ3) is 5.72. The molecule has 0 spiro atoms. The van der Waals surface area contributed by atoms with E-state index in [4.69, 9.17) is 4.74 Å². The van der Waals surface area contributed by atoms with Crippen LogP contribution in [0.25, 0.3) is 6.08 Å². The van der Waals surface area contributed by atoms with Crippen molar-refractivity contribution in [1.29, 1.82) is 0 Å². The summed E-state index contributed by atoms with van der Waals surface area (Å²) in [6.45, 7) is 1.28. The number of rotatable bonds is 6. The van der Waals surface area contributed by atoms with Gasteiger partial charge in [0.05, 0.1) is 6.10 Å². The van der Waals surface area contributed by atoms with Crippen LogP contribution in [0.2, 0.25) is 0 Å². The summed E-state index contributed by atoms with van der Waals surface area (Å²) in [6, 6.07) is 10.6. The van der Waals surface area contributed by atoms with Gasteiger partial charge in [0.15, 0.2) is 0 Å². The van der Waals surface area contributed by atoms with Gasteiger partial charge in [-0.25, -0.2) is 4.79 Å². The molecule has 0 saturated carbocycles. The quantitative estimate of drug-likeness (QED) is 0.678. The largest absolute Gasteiger partial charge is 0.376 e. The molecule has 1 atom stereocenters. The van der Waals surface area contributed by atoms with E-state index in [1.165, 1.54) is 6.08 Å². The summed E-state index contributed by atoms with van der Waals surface area (Å²) in [7, 11) is 0. The Kier molecular flexibility index (Phi) is 6.40. The molecule has 1 aromatic heterocycles. The van der Waals surface area contributed by atoms with Crippen LogP contribution in [0.15, 0.2) is 47.9 Å². The first kappa shape index (κ1) is 18.2. The number of amides is 3. The van der Waals surface area contributed by atoms with E-state index in [0.717, 1.165) is 24.3 Å². The van der Waals surface area contributed by atoms with Crippen molar-refractivity contribution < 1.29 is 14.3 Å². The molecule has 1 aromatic carbocycles. The third-order valence-corrected chi connectivity index (χ3v) is 4.70. The van der Waals surface area contributed by atoms with E-state index >= 15 is 0 Å². The Labute approximate surface area is 156 Å². The lowest BCUT2D eigenvalue weighted by Gasteiger charge is -2.12. The van der Waals surface area contributed by atoms with Crippen LogP contribution in [0.3, 0.4) is 0 Å². The Morgan fingerprint density at radius 1 is 1.15 bits per heavy atom. The summed E-state index contributed by atoms with van der Waals surface area (Å²) in [5, 5.41) is 10.3. The molecule has 136 valence electrons. The number of carbonyl (C=O) groups is 2. The van der Waals surface area contributed by atoms with Crippen molar-refractivity contribution in [2.45, 2.75) is 18.9 Å². The Bertz CT molecular complexity index is 751. The molecule has 26 heavy (non-hydrogen) atoms. The van der Waals surface area contributed by atoms with Crippen molar-refractivity contribution in [1.82, 2.24) is 5.32 Å². The minimum atomic E-state index is -0.267. The molecule has 0 radical (unpaired) electrons. The van der Waals surface area contributed by atoms with Crippen molar-refractivity contribution in [2.75, 3.05) is 23.8 Å². The summed E-state index contributed by atoms with van der Waals surface area (Å²) in [6.07, 6.45) is 5.41. The van der Waals surface area contributed by atoms with Gasteiger partial charge in [-0.1, -0.05) is 6.07 Å². The summed E-state index contributed by atoms with van der Waals surface area (Å²) in [4.78, 5) is 24.8. The maximum Gasteiger partial charge on any atom is 0.319 e. The summed E-state index contributed by atoms with van der Waals surface area (Å²) >= 11 is 1.57. The first-order valence-corrected chi connectivity index (χ1v) is 9.36. The minimum Gasteiger partial charge on any atom is -0.376 e. The molecule has 7 heteroatoms. The van der Waals surface area contributed by atoms with Gasteiger partial charge in [-0.05, 0) is 54.6 Å². The van der Waals surface area contributed by atoms with E-state index in [1.54, 1.807) is 41.7 Å². The molecule has 0 bridgehead atoms. The van der Waals surface area contributed by atoms with Crippen molar-refractivity contribution in [3.05, 3.63) is 52.7 Å². The fraction of sp³-hybridized carbons (Fsp3) is 0.263. The van der Waals surface area contributed by atoms with Gasteiger partial charge in [-0.3, -0.25) is 4.79 Å². The highest BCUT2D eigenvalue weighted by Crippen LogP contribution is 2.15. The van der Waals surface area contributed by atoms with Gasteiger partial charge in [0.2, 0.25) is 5.91 Å². The van der Waals surface area contributed by atoms with Crippen molar-refractivity contribution >= 4 is 40.7 Å². The van der Waals surface area contributed by atoms with E-state index in [1.807, 2.05) is 17.5 Å². The van der Waals surface area contributed by atoms with Crippen molar-refractivity contribution in [3.63, 3.8) is 0 Å². The van der Waals surface area contributed by atoms with Gasteiger partial charge in [0.25, 0.3) is 0 Å². The van der Waals surface area contributed by atoms with Gasteiger partial charge in [-0.15, -0.1) is 11.3 Å². The number of nitrogens with one attached hydrogen (secondary N) is 3. The average Bonchev–Trinajstić information content (AvgIpc) is 3.34. The Morgan fingerprint density at radius 3 is 2.58 bits per heavy atom. The van der Waals surface area contributed by atoms with Crippen LogP contribution in [0.5, 0.6) is 0 Å². The van der Waals surface area contributed by atoms with E-state index in [2.05, 4.69) is 16.0 Å². The first-order chi connectivity index (χ1) is 12.7. The molecule has 0 aliphatic carbocycles. The zero-order chi connectivity index (χ0) is 18.2. The third-order valence-electron chi connectivity index (χ3n) is 3.87. The van der Waals surface area contributed by atoms with Crippen LogP contribution in [0.1, 0.15) is 17.7 Å². The predicted octanol–water partition coefficient (Wildman–Crippen LogP) is 3.70. The Morgan fingerprint density at radius 2 is 1.92 bits per heavy atom. The number of hydrogen-bond acceptors (Lipinski definition) is 4. The lowest BCUT2D eigenvalue weighted by atomic mass is 10.2. The molecular formula is C19H21N3O3S. The van der Waals surface area contributed by atoms with Crippen molar-refractivity contribution in [3.8, 4) is 0 Å². The van der Waals surface area contributed by atoms with E-state index in [-0.39, 0.29) is 18.0 Å². The fourth-order valence-electron chi connectivity index (χ4n) is 2.55. The van der Waals surface area contributed by atoms with Gasteiger partial charge < -0.3 is 20.7 Å². The van der Waals surface area contributed by atoms with E-state index in [0.29, 0.717) is 17.9 Å². The summed E-state index contributed by atoms with van der Waals surface area (Å²) in [5.41, 5.74) is 1.32. The standard InChI is InChI=1S/C19H21N3O3S/c23-18(10-9-17-4-2-12-26-17)21-14-5-7-15(8-6-14)22-19(24)20-13-16-3-1-11-25-16/h2,4-10,12,16H,1,3,11,13H2,(H,21,23)(H2,20,22,24)/b10-9+. The number of urea groups is 1. The number of benzene rings is 1. The van der Waals surface area contributed by atoms with Crippen LogP contribution in [0.4, 0.5) is 16.2 Å². The highest BCUT2D eigenvalue weighted by molar-refractivity contribution is 7.10. The molecule has 3 rings (SSSR count). The summed E-state index contributed by atoms with van der Waals surface area (Å²) < 4.78 is 5.46. The van der Waals surface area contributed by atoms with Crippen LogP contribution in [-0.2, 0) is 9.53 Å². The highest BCUT2D eigenvalue weighted by Gasteiger charge is 2.16. The molecule has 1 saturated heterocycles. The lowest BCUT2D eigenvalue weighted by molar-refractivity contribution is -0.111. The number of carbonyl (C=O) groups excluding carboxylic acids is 2. The molecule has 1 fully saturated rings. The zero-order valence-electron chi connectivity index (χ0n) is 14.2. The topological polar surface area (TPSA) is 79.5 Å². The molecule has 2 aromatic rings. The monoisotopic (exact) mass is 371 g/mol. The second kappa shape index (κ2) is 9.17. The van der Waals surface area contributed by atoms with Gasteiger partial charge >= 0.3 is 6.03 Å². The molecule has 3 N–H and O–H groups in total. The first-order valence-electron chi connectivity index (χ1n) is 8.48. The number of anilines is 2. The molecule has 6 nitrogen and oxygen atoms in total. The van der Waals surface area contributed by atoms with Gasteiger partial charge in [0.1, 0.15) is 0 Å². The SMILES string of the molecule is O=C(/C=C/c1cccs1)Nc1ccc(NC(=O)NCC2CCCO2)cc1. The smallest absolute Gasteiger partial charge is 0.319 e. The Hall–Kier alpha value is -2.64. The average molecular weight is 371 g/mol. The second-order valence-electron chi connectivity index (χ2n) is 5.89. The maximum absolute atomic E-state index is 11.9. The molecule has 1 aliphatic rings. The summed E-state index contributed by atoms with van der Waals surface area (Å²) in [5.74, 6) is -0.201. The van der Waals surface area contributed by atoms with Crippen LogP contribution < -0.4 is 16.0 Å². The lowest BCUT2D eigenvalue weighted by Crippen LogP contribution is -2.35. The second-order valence-corrected chi connectivity index (χ2v) is 6.86. The maximum atomic E-state index is 11.9. The molecular weight excluding hydrogens is 350 g/mol. The number of thiophene rings is 1. The van der Waals surface area contributed by atoms with Crippen molar-refractivity contribution in [2.24, 2.45) is 0 Å². The van der Waals surface area contributed by atoms with Gasteiger partial charge in [-0.2, -0.15) is 0 Å². The Balaban J connectivity index is 1.43.